The Hall–Kier alpha value is -1.95. The topological polar surface area (TPSA) is 60.8 Å². The smallest absolute Gasteiger partial charge is 0.222 e. The number of hydrogen-bond acceptors (Lipinski definition) is 6. The van der Waals surface area contributed by atoms with Crippen molar-refractivity contribution >= 4 is 11.3 Å². The van der Waals surface area contributed by atoms with Crippen molar-refractivity contribution in [3.8, 4) is 33.7 Å². The van der Waals surface area contributed by atoms with Crippen molar-refractivity contribution in [2.24, 2.45) is 0 Å². The lowest BCUT2D eigenvalue weighted by molar-refractivity contribution is 0.349. The van der Waals surface area contributed by atoms with E-state index in [4.69, 9.17) is 14.2 Å². The van der Waals surface area contributed by atoms with Crippen molar-refractivity contribution in [2.45, 2.75) is 0 Å². The van der Waals surface area contributed by atoms with Crippen LogP contribution in [0.3, 0.4) is 0 Å². The lowest BCUT2D eigenvalue weighted by Gasteiger charge is -2.12. The van der Waals surface area contributed by atoms with Gasteiger partial charge in [0, 0.05) is 6.07 Å². The Labute approximate surface area is 109 Å². The molecule has 18 heavy (non-hydrogen) atoms. The van der Waals surface area contributed by atoms with Crippen LogP contribution in [0.15, 0.2) is 17.5 Å². The Kier molecular flexibility index (Phi) is 3.57. The van der Waals surface area contributed by atoms with E-state index in [1.165, 1.54) is 11.3 Å². The number of benzene rings is 1. The first-order valence-electron chi connectivity index (χ1n) is 5.14. The molecule has 0 saturated heterocycles. The quantitative estimate of drug-likeness (QED) is 0.922. The Bertz CT molecular complexity index is 553. The third-order valence-corrected chi connectivity index (χ3v) is 3.29. The molecule has 2 rings (SSSR count). The van der Waals surface area contributed by atoms with E-state index in [9.17, 15) is 5.11 Å². The monoisotopic (exact) mass is 267 g/mol. The summed E-state index contributed by atoms with van der Waals surface area (Å²) in [6, 6.07) is 3.50. The van der Waals surface area contributed by atoms with Crippen molar-refractivity contribution in [3.63, 3.8) is 0 Å². The van der Waals surface area contributed by atoms with E-state index in [0.717, 1.165) is 5.56 Å². The van der Waals surface area contributed by atoms with Crippen LogP contribution in [0.4, 0.5) is 0 Å². The molecule has 0 aliphatic rings. The Balaban J connectivity index is 2.58. The molecule has 1 heterocycles. The van der Waals surface area contributed by atoms with Gasteiger partial charge in [-0.1, -0.05) is 0 Å². The van der Waals surface area contributed by atoms with Gasteiger partial charge in [0.25, 0.3) is 0 Å². The fourth-order valence-electron chi connectivity index (χ4n) is 1.59. The molecule has 6 heteroatoms. The summed E-state index contributed by atoms with van der Waals surface area (Å²) in [4.78, 5) is 4.02. The van der Waals surface area contributed by atoms with Gasteiger partial charge in [-0.05, 0) is 6.07 Å². The Morgan fingerprint density at radius 2 is 1.61 bits per heavy atom. The summed E-state index contributed by atoms with van der Waals surface area (Å²) in [6.07, 6.45) is 0. The van der Waals surface area contributed by atoms with Crippen LogP contribution < -0.4 is 14.2 Å². The molecular weight excluding hydrogens is 254 g/mol. The van der Waals surface area contributed by atoms with Crippen LogP contribution in [0, 0.1) is 0 Å². The van der Waals surface area contributed by atoms with Gasteiger partial charge in [0.2, 0.25) is 5.88 Å². The molecule has 0 spiro atoms. The van der Waals surface area contributed by atoms with Gasteiger partial charge >= 0.3 is 0 Å². The normalized spacial score (nSPS) is 10.2. The number of hydrogen-bond donors (Lipinski definition) is 1. The zero-order chi connectivity index (χ0) is 13.1. The number of aromatic nitrogens is 1. The van der Waals surface area contributed by atoms with Gasteiger partial charge in [-0.15, -0.1) is 11.3 Å². The molecule has 1 N–H and O–H groups in total. The molecule has 0 fully saturated rings. The minimum absolute atomic E-state index is 0.00756. The van der Waals surface area contributed by atoms with Crippen LogP contribution >= 0.6 is 11.3 Å². The van der Waals surface area contributed by atoms with E-state index in [2.05, 4.69) is 4.98 Å². The lowest BCUT2D eigenvalue weighted by atomic mass is 10.2. The van der Waals surface area contributed by atoms with Crippen molar-refractivity contribution < 1.29 is 19.3 Å². The van der Waals surface area contributed by atoms with E-state index >= 15 is 0 Å². The molecule has 0 aliphatic carbocycles. The Morgan fingerprint density at radius 1 is 1.00 bits per heavy atom. The molecule has 0 aliphatic heterocycles. The van der Waals surface area contributed by atoms with Gasteiger partial charge in [-0.25, -0.2) is 4.98 Å². The summed E-state index contributed by atoms with van der Waals surface area (Å²) in [5.41, 5.74) is 0.750. The minimum atomic E-state index is -0.00756. The first-order valence-corrected chi connectivity index (χ1v) is 6.02. The van der Waals surface area contributed by atoms with Gasteiger partial charge < -0.3 is 19.3 Å². The predicted molar refractivity (Wildman–Crippen MR) is 68.9 cm³/mol. The van der Waals surface area contributed by atoms with E-state index in [0.29, 0.717) is 22.3 Å². The molecule has 0 bridgehead atoms. The maximum Gasteiger partial charge on any atom is 0.222 e. The summed E-state index contributed by atoms with van der Waals surface area (Å²) in [5, 5.41) is 11.5. The molecule has 2 aromatic rings. The average molecular weight is 267 g/mol. The van der Waals surface area contributed by atoms with E-state index in [1.54, 1.807) is 38.8 Å². The zero-order valence-corrected chi connectivity index (χ0v) is 11.1. The van der Waals surface area contributed by atoms with E-state index < -0.39 is 0 Å². The summed E-state index contributed by atoms with van der Waals surface area (Å²) in [7, 11) is 4.69. The molecular formula is C12H13NO4S. The van der Waals surface area contributed by atoms with Gasteiger partial charge in [0.1, 0.15) is 10.8 Å². The summed E-state index contributed by atoms with van der Waals surface area (Å²) >= 11 is 1.33. The summed E-state index contributed by atoms with van der Waals surface area (Å²) < 4.78 is 15.7. The van der Waals surface area contributed by atoms with Crippen LogP contribution in [0.25, 0.3) is 10.6 Å². The highest BCUT2D eigenvalue weighted by atomic mass is 32.1. The van der Waals surface area contributed by atoms with Gasteiger partial charge in [0.05, 0.1) is 32.3 Å². The van der Waals surface area contributed by atoms with Crippen molar-refractivity contribution in [3.05, 3.63) is 17.5 Å². The van der Waals surface area contributed by atoms with Gasteiger partial charge in [-0.2, -0.15) is 0 Å². The van der Waals surface area contributed by atoms with Crippen molar-refractivity contribution in [1.29, 1.82) is 0 Å². The molecule has 96 valence electrons. The molecule has 0 radical (unpaired) electrons. The molecule has 5 nitrogen and oxygen atoms in total. The van der Waals surface area contributed by atoms with Gasteiger partial charge in [-0.3, -0.25) is 0 Å². The van der Waals surface area contributed by atoms with Crippen molar-refractivity contribution in [1.82, 2.24) is 4.98 Å². The SMILES string of the molecule is COc1cc(OC)c(-c2nc(O)cs2)cc1OC. The first kappa shape index (κ1) is 12.5. The predicted octanol–water partition coefficient (Wildman–Crippen LogP) is 2.54. The second kappa shape index (κ2) is 5.14. The van der Waals surface area contributed by atoms with E-state index in [-0.39, 0.29) is 5.88 Å². The average Bonchev–Trinajstić information content (AvgIpc) is 2.83. The number of rotatable bonds is 4. The van der Waals surface area contributed by atoms with Crippen LogP contribution in [-0.4, -0.2) is 31.4 Å². The van der Waals surface area contributed by atoms with Crippen LogP contribution in [0.5, 0.6) is 23.1 Å². The highest BCUT2D eigenvalue weighted by Gasteiger charge is 2.15. The summed E-state index contributed by atoms with van der Waals surface area (Å²) in [6.45, 7) is 0. The molecule has 0 unspecified atom stereocenters. The second-order valence-corrected chi connectivity index (χ2v) is 4.28. The molecule has 0 amide bonds. The molecule has 0 saturated carbocycles. The highest BCUT2D eigenvalue weighted by molar-refractivity contribution is 7.13. The summed E-state index contributed by atoms with van der Waals surface area (Å²) in [5.74, 6) is 1.77. The number of ether oxygens (including phenoxy) is 3. The molecule has 0 atom stereocenters. The van der Waals surface area contributed by atoms with Crippen LogP contribution in [0.1, 0.15) is 0 Å². The van der Waals surface area contributed by atoms with Crippen LogP contribution in [0.2, 0.25) is 0 Å². The third kappa shape index (κ3) is 2.19. The fourth-order valence-corrected chi connectivity index (χ4v) is 2.29. The molecule has 1 aromatic carbocycles. The second-order valence-electron chi connectivity index (χ2n) is 3.42. The number of methoxy groups -OCH3 is 3. The Morgan fingerprint density at radius 3 is 2.11 bits per heavy atom. The first-order chi connectivity index (χ1) is 8.69. The lowest BCUT2D eigenvalue weighted by Crippen LogP contribution is -1.94. The zero-order valence-electron chi connectivity index (χ0n) is 10.3. The minimum Gasteiger partial charge on any atom is -0.496 e. The maximum atomic E-state index is 9.31. The largest absolute Gasteiger partial charge is 0.496 e. The highest BCUT2D eigenvalue weighted by Crippen LogP contribution is 2.41. The van der Waals surface area contributed by atoms with Gasteiger partial charge in [0.15, 0.2) is 11.5 Å². The molecule has 1 aromatic heterocycles. The van der Waals surface area contributed by atoms with Crippen molar-refractivity contribution in [2.75, 3.05) is 21.3 Å². The maximum absolute atomic E-state index is 9.31. The standard InChI is InChI=1S/C12H13NO4S/c1-15-8-5-10(17-3)9(16-2)4-7(8)12-13-11(14)6-18-12/h4-6,14H,1-3H3. The fraction of sp³-hybridized carbons (Fsp3) is 0.250. The van der Waals surface area contributed by atoms with Crippen LogP contribution in [-0.2, 0) is 0 Å². The number of aromatic hydroxyl groups is 1. The van der Waals surface area contributed by atoms with E-state index in [1.807, 2.05) is 0 Å². The number of thiazole rings is 1. The number of nitrogens with zero attached hydrogens (tertiary/aromatic N) is 1. The third-order valence-electron chi connectivity index (χ3n) is 2.43.